The molecular weight excluding hydrogens is 382 g/mol. The highest BCUT2D eigenvalue weighted by Crippen LogP contribution is 2.18. The van der Waals surface area contributed by atoms with E-state index < -0.39 is 0 Å². The van der Waals surface area contributed by atoms with Crippen LogP contribution in [0.2, 0.25) is 0 Å². The third-order valence-electron chi connectivity index (χ3n) is 4.50. The first-order valence-electron chi connectivity index (χ1n) is 9.93. The maximum Gasteiger partial charge on any atom is 0.321 e. The van der Waals surface area contributed by atoms with Gasteiger partial charge in [-0.05, 0) is 48.9 Å². The number of benzene rings is 2. The molecule has 1 unspecified atom stereocenters. The van der Waals surface area contributed by atoms with Gasteiger partial charge < -0.3 is 15.5 Å². The molecule has 2 aromatic rings. The highest BCUT2D eigenvalue weighted by atomic mass is 32.2. The van der Waals surface area contributed by atoms with E-state index in [1.165, 1.54) is 0 Å². The quantitative estimate of drug-likeness (QED) is 0.558. The van der Waals surface area contributed by atoms with Crippen molar-refractivity contribution in [2.24, 2.45) is 5.92 Å². The van der Waals surface area contributed by atoms with Crippen LogP contribution in [0.4, 0.5) is 10.5 Å². The van der Waals surface area contributed by atoms with E-state index in [0.717, 1.165) is 16.1 Å². The van der Waals surface area contributed by atoms with E-state index in [1.54, 1.807) is 16.7 Å². The SMILES string of the molecule is CSc1ccc(NC(=O)N(CCC(=O)NC(C)c2ccccc2)CC(C)C)cc1. The molecule has 6 heteroatoms. The van der Waals surface area contributed by atoms with Crippen LogP contribution in [0.1, 0.15) is 38.8 Å². The van der Waals surface area contributed by atoms with Crippen molar-refractivity contribution >= 4 is 29.4 Å². The van der Waals surface area contributed by atoms with Crippen molar-refractivity contribution in [1.82, 2.24) is 10.2 Å². The molecule has 0 saturated carbocycles. The van der Waals surface area contributed by atoms with Gasteiger partial charge in [-0.15, -0.1) is 11.8 Å². The van der Waals surface area contributed by atoms with Crippen LogP contribution >= 0.6 is 11.8 Å². The molecule has 156 valence electrons. The second-order valence-electron chi connectivity index (χ2n) is 7.45. The molecule has 3 amide bonds. The Bertz CT molecular complexity index is 778. The number of amides is 3. The van der Waals surface area contributed by atoms with Gasteiger partial charge >= 0.3 is 6.03 Å². The molecule has 0 radical (unpaired) electrons. The van der Waals surface area contributed by atoms with Gasteiger partial charge in [-0.3, -0.25) is 4.79 Å². The zero-order valence-corrected chi connectivity index (χ0v) is 18.5. The molecule has 1 atom stereocenters. The Balaban J connectivity index is 1.91. The first-order valence-corrected chi connectivity index (χ1v) is 11.2. The average Bonchev–Trinajstić information content (AvgIpc) is 2.72. The van der Waals surface area contributed by atoms with Crippen molar-refractivity contribution in [2.45, 2.75) is 38.1 Å². The first-order chi connectivity index (χ1) is 13.9. The van der Waals surface area contributed by atoms with Crippen molar-refractivity contribution in [2.75, 3.05) is 24.7 Å². The van der Waals surface area contributed by atoms with E-state index in [9.17, 15) is 9.59 Å². The van der Waals surface area contributed by atoms with Gasteiger partial charge in [-0.2, -0.15) is 0 Å². The predicted molar refractivity (Wildman–Crippen MR) is 121 cm³/mol. The number of thioether (sulfide) groups is 1. The maximum atomic E-state index is 12.7. The molecule has 5 nitrogen and oxygen atoms in total. The van der Waals surface area contributed by atoms with Gasteiger partial charge in [0, 0.05) is 30.1 Å². The van der Waals surface area contributed by atoms with Gasteiger partial charge in [0.2, 0.25) is 5.91 Å². The van der Waals surface area contributed by atoms with Gasteiger partial charge in [0.05, 0.1) is 6.04 Å². The summed E-state index contributed by atoms with van der Waals surface area (Å²) in [6, 6.07) is 17.3. The molecule has 0 saturated heterocycles. The summed E-state index contributed by atoms with van der Waals surface area (Å²) in [6.07, 6.45) is 2.28. The summed E-state index contributed by atoms with van der Waals surface area (Å²) in [7, 11) is 0. The topological polar surface area (TPSA) is 61.4 Å². The Morgan fingerprint density at radius 3 is 2.24 bits per heavy atom. The van der Waals surface area contributed by atoms with Crippen LogP contribution in [0.5, 0.6) is 0 Å². The highest BCUT2D eigenvalue weighted by molar-refractivity contribution is 7.98. The minimum absolute atomic E-state index is 0.0627. The Morgan fingerprint density at radius 2 is 1.66 bits per heavy atom. The molecule has 0 aliphatic heterocycles. The van der Waals surface area contributed by atoms with E-state index in [-0.39, 0.29) is 24.4 Å². The monoisotopic (exact) mass is 413 g/mol. The fraction of sp³-hybridized carbons (Fsp3) is 0.391. The molecule has 0 bridgehead atoms. The van der Waals surface area contributed by atoms with Crippen molar-refractivity contribution in [3.8, 4) is 0 Å². The molecule has 0 spiro atoms. The van der Waals surface area contributed by atoms with Gasteiger partial charge in [0.15, 0.2) is 0 Å². The number of carbonyl (C=O) groups excluding carboxylic acids is 2. The number of rotatable bonds is 9. The summed E-state index contributed by atoms with van der Waals surface area (Å²) in [5, 5.41) is 5.94. The van der Waals surface area contributed by atoms with Crippen LogP contribution in [0, 0.1) is 5.92 Å². The summed E-state index contributed by atoms with van der Waals surface area (Å²) < 4.78 is 0. The van der Waals surface area contributed by atoms with E-state index >= 15 is 0 Å². The third kappa shape index (κ3) is 7.81. The van der Waals surface area contributed by atoms with Crippen LogP contribution in [-0.4, -0.2) is 36.2 Å². The second kappa shape index (κ2) is 11.5. The number of nitrogens with zero attached hydrogens (tertiary/aromatic N) is 1. The third-order valence-corrected chi connectivity index (χ3v) is 5.24. The molecule has 29 heavy (non-hydrogen) atoms. The Morgan fingerprint density at radius 1 is 1.00 bits per heavy atom. The largest absolute Gasteiger partial charge is 0.350 e. The molecular formula is C23H31N3O2S. The Hall–Kier alpha value is -2.47. The van der Waals surface area contributed by atoms with Gasteiger partial charge in [-0.25, -0.2) is 4.79 Å². The van der Waals surface area contributed by atoms with Crippen LogP contribution in [0.25, 0.3) is 0 Å². The maximum absolute atomic E-state index is 12.7. The molecule has 0 fully saturated rings. The van der Waals surface area contributed by atoms with E-state index in [1.807, 2.05) is 67.8 Å². The molecule has 0 aromatic heterocycles. The second-order valence-corrected chi connectivity index (χ2v) is 8.33. The minimum Gasteiger partial charge on any atom is -0.350 e. The van der Waals surface area contributed by atoms with Gasteiger partial charge in [-0.1, -0.05) is 44.2 Å². The fourth-order valence-corrected chi connectivity index (χ4v) is 3.38. The van der Waals surface area contributed by atoms with E-state index in [0.29, 0.717) is 19.0 Å². The molecule has 2 aromatic carbocycles. The van der Waals surface area contributed by atoms with Crippen molar-refractivity contribution < 1.29 is 9.59 Å². The van der Waals surface area contributed by atoms with E-state index in [4.69, 9.17) is 0 Å². The number of urea groups is 1. The lowest BCUT2D eigenvalue weighted by molar-refractivity contribution is -0.121. The Labute approximate surface area is 178 Å². The number of hydrogen-bond donors (Lipinski definition) is 2. The molecule has 0 heterocycles. The first kappa shape index (κ1) is 22.8. The summed E-state index contributed by atoms with van der Waals surface area (Å²) in [4.78, 5) is 28.0. The van der Waals surface area contributed by atoms with Crippen LogP contribution < -0.4 is 10.6 Å². The Kier molecular flexibility index (Phi) is 9.06. The smallest absolute Gasteiger partial charge is 0.321 e. The lowest BCUT2D eigenvalue weighted by Gasteiger charge is -2.25. The van der Waals surface area contributed by atoms with Crippen LogP contribution in [0.15, 0.2) is 59.5 Å². The summed E-state index contributed by atoms with van der Waals surface area (Å²) in [5.74, 6) is 0.248. The van der Waals surface area contributed by atoms with Gasteiger partial charge in [0.1, 0.15) is 0 Å². The minimum atomic E-state index is -0.181. The average molecular weight is 414 g/mol. The lowest BCUT2D eigenvalue weighted by Crippen LogP contribution is -2.40. The fourth-order valence-electron chi connectivity index (χ4n) is 2.97. The van der Waals surface area contributed by atoms with Crippen LogP contribution in [-0.2, 0) is 4.79 Å². The number of carbonyl (C=O) groups is 2. The molecule has 0 aliphatic rings. The van der Waals surface area contributed by atoms with Crippen molar-refractivity contribution in [1.29, 1.82) is 0 Å². The predicted octanol–water partition coefficient (Wildman–Crippen LogP) is 5.17. The number of anilines is 1. The lowest BCUT2D eigenvalue weighted by atomic mass is 10.1. The van der Waals surface area contributed by atoms with Gasteiger partial charge in [0.25, 0.3) is 0 Å². The van der Waals surface area contributed by atoms with Crippen molar-refractivity contribution in [3.05, 3.63) is 60.2 Å². The number of hydrogen-bond acceptors (Lipinski definition) is 3. The van der Waals surface area contributed by atoms with E-state index in [2.05, 4.69) is 24.5 Å². The van der Waals surface area contributed by atoms with Crippen molar-refractivity contribution in [3.63, 3.8) is 0 Å². The molecule has 2 N–H and O–H groups in total. The standard InChI is InChI=1S/C23H31N3O2S/c1-17(2)16-26(23(28)25-20-10-12-21(29-4)13-11-20)15-14-22(27)24-18(3)19-8-6-5-7-9-19/h5-13,17-18H,14-16H2,1-4H3,(H,24,27)(H,25,28). The summed E-state index contributed by atoms with van der Waals surface area (Å²) in [6.45, 7) is 7.05. The zero-order chi connectivity index (χ0) is 21.2. The number of nitrogens with one attached hydrogen (secondary N) is 2. The van der Waals surface area contributed by atoms with Crippen LogP contribution in [0.3, 0.4) is 0 Å². The summed E-state index contributed by atoms with van der Waals surface area (Å²) in [5.41, 5.74) is 1.81. The molecule has 0 aliphatic carbocycles. The summed E-state index contributed by atoms with van der Waals surface area (Å²) >= 11 is 1.66. The highest BCUT2D eigenvalue weighted by Gasteiger charge is 2.17. The zero-order valence-electron chi connectivity index (χ0n) is 17.6. The molecule has 2 rings (SSSR count). The normalized spacial score (nSPS) is 11.8.